The molecule has 1 aromatic rings. The SMILES string of the molecule is N#Cc1cc(F)cc(SCC2CCCO2)c1. The van der Waals surface area contributed by atoms with Gasteiger partial charge in [0, 0.05) is 17.3 Å². The molecule has 0 bridgehead atoms. The first-order valence-electron chi connectivity index (χ1n) is 5.23. The van der Waals surface area contributed by atoms with Gasteiger partial charge in [0.05, 0.1) is 17.7 Å². The molecule has 1 fully saturated rings. The highest BCUT2D eigenvalue weighted by atomic mass is 32.2. The van der Waals surface area contributed by atoms with E-state index in [2.05, 4.69) is 0 Å². The van der Waals surface area contributed by atoms with E-state index in [1.807, 2.05) is 6.07 Å². The lowest BCUT2D eigenvalue weighted by atomic mass is 10.2. The van der Waals surface area contributed by atoms with Crippen molar-refractivity contribution in [1.29, 1.82) is 5.26 Å². The minimum Gasteiger partial charge on any atom is -0.377 e. The number of hydrogen-bond acceptors (Lipinski definition) is 3. The van der Waals surface area contributed by atoms with Crippen LogP contribution in [-0.4, -0.2) is 18.5 Å². The van der Waals surface area contributed by atoms with E-state index >= 15 is 0 Å². The molecule has 0 N–H and O–H groups in total. The molecular formula is C12H12FNOS. The number of nitriles is 1. The first-order chi connectivity index (χ1) is 7.78. The van der Waals surface area contributed by atoms with Crippen molar-refractivity contribution in [2.24, 2.45) is 0 Å². The molecule has 1 aliphatic rings. The second-order valence-corrected chi connectivity index (χ2v) is 4.83. The number of ether oxygens (including phenoxy) is 1. The van der Waals surface area contributed by atoms with Gasteiger partial charge in [-0.25, -0.2) is 4.39 Å². The Morgan fingerprint density at radius 3 is 3.06 bits per heavy atom. The standard InChI is InChI=1S/C12H12FNOS/c13-10-4-9(7-14)5-12(6-10)16-8-11-2-1-3-15-11/h4-6,11H,1-3,8H2. The van der Waals surface area contributed by atoms with Crippen LogP contribution in [0.15, 0.2) is 23.1 Å². The summed E-state index contributed by atoms with van der Waals surface area (Å²) in [6, 6.07) is 6.37. The Balaban J connectivity index is 1.98. The molecule has 4 heteroatoms. The Bertz CT molecular complexity index is 410. The molecule has 1 heterocycles. The average Bonchev–Trinajstić information content (AvgIpc) is 2.78. The molecule has 0 saturated carbocycles. The predicted octanol–water partition coefficient (Wildman–Crippen LogP) is 2.97. The van der Waals surface area contributed by atoms with Gasteiger partial charge >= 0.3 is 0 Å². The Kier molecular flexibility index (Phi) is 3.81. The first-order valence-corrected chi connectivity index (χ1v) is 6.21. The van der Waals surface area contributed by atoms with Crippen LogP contribution < -0.4 is 0 Å². The molecule has 0 spiro atoms. The Morgan fingerprint density at radius 1 is 1.50 bits per heavy atom. The van der Waals surface area contributed by atoms with Gasteiger partial charge in [0.2, 0.25) is 0 Å². The zero-order chi connectivity index (χ0) is 11.4. The highest BCUT2D eigenvalue weighted by Crippen LogP contribution is 2.25. The van der Waals surface area contributed by atoms with Gasteiger partial charge in [-0.15, -0.1) is 11.8 Å². The van der Waals surface area contributed by atoms with Crippen LogP contribution in [0.3, 0.4) is 0 Å². The summed E-state index contributed by atoms with van der Waals surface area (Å²) in [6.07, 6.45) is 2.46. The first kappa shape index (κ1) is 11.4. The molecule has 1 aliphatic heterocycles. The van der Waals surface area contributed by atoms with Gasteiger partial charge in [-0.05, 0) is 31.0 Å². The molecule has 0 aliphatic carbocycles. The summed E-state index contributed by atoms with van der Waals surface area (Å²) in [6.45, 7) is 0.831. The molecule has 16 heavy (non-hydrogen) atoms. The maximum absolute atomic E-state index is 13.1. The molecule has 2 rings (SSSR count). The lowest BCUT2D eigenvalue weighted by molar-refractivity contribution is 0.129. The van der Waals surface area contributed by atoms with Gasteiger partial charge < -0.3 is 4.74 Å². The van der Waals surface area contributed by atoms with E-state index in [4.69, 9.17) is 10.00 Å². The van der Waals surface area contributed by atoms with Crippen LogP contribution in [0.1, 0.15) is 18.4 Å². The molecule has 1 saturated heterocycles. The third-order valence-electron chi connectivity index (χ3n) is 2.46. The van der Waals surface area contributed by atoms with Crippen molar-refractivity contribution >= 4 is 11.8 Å². The van der Waals surface area contributed by atoms with Crippen molar-refractivity contribution in [3.05, 3.63) is 29.6 Å². The number of halogens is 1. The van der Waals surface area contributed by atoms with Crippen LogP contribution in [-0.2, 0) is 4.74 Å². The zero-order valence-electron chi connectivity index (χ0n) is 8.78. The quantitative estimate of drug-likeness (QED) is 0.758. The van der Waals surface area contributed by atoms with E-state index in [0.29, 0.717) is 5.56 Å². The number of rotatable bonds is 3. The lowest BCUT2D eigenvalue weighted by Gasteiger charge is -2.08. The summed E-state index contributed by atoms with van der Waals surface area (Å²) in [5.74, 6) is 0.475. The van der Waals surface area contributed by atoms with Gasteiger partial charge in [-0.3, -0.25) is 0 Å². The van der Waals surface area contributed by atoms with Crippen molar-refractivity contribution in [3.8, 4) is 6.07 Å². The average molecular weight is 237 g/mol. The molecule has 0 radical (unpaired) electrons. The van der Waals surface area contributed by atoms with Crippen LogP contribution >= 0.6 is 11.8 Å². The Morgan fingerprint density at radius 2 is 2.38 bits per heavy atom. The largest absolute Gasteiger partial charge is 0.377 e. The number of nitrogens with zero attached hydrogens (tertiary/aromatic N) is 1. The topological polar surface area (TPSA) is 33.0 Å². The summed E-state index contributed by atoms with van der Waals surface area (Å²) in [4.78, 5) is 0.798. The maximum Gasteiger partial charge on any atom is 0.125 e. The molecule has 0 amide bonds. The molecule has 1 aromatic carbocycles. The van der Waals surface area contributed by atoms with Gasteiger partial charge in [0.15, 0.2) is 0 Å². The van der Waals surface area contributed by atoms with Crippen molar-refractivity contribution in [1.82, 2.24) is 0 Å². The fourth-order valence-corrected chi connectivity index (χ4v) is 2.72. The van der Waals surface area contributed by atoms with Crippen LogP contribution in [0.4, 0.5) is 4.39 Å². The van der Waals surface area contributed by atoms with Crippen LogP contribution in [0.2, 0.25) is 0 Å². The van der Waals surface area contributed by atoms with Gasteiger partial charge in [0.25, 0.3) is 0 Å². The third-order valence-corrected chi connectivity index (χ3v) is 3.57. The lowest BCUT2D eigenvalue weighted by Crippen LogP contribution is -2.07. The van der Waals surface area contributed by atoms with E-state index in [9.17, 15) is 4.39 Å². The molecule has 1 unspecified atom stereocenters. The minimum absolute atomic E-state index is 0.277. The van der Waals surface area contributed by atoms with Crippen LogP contribution in [0.25, 0.3) is 0 Å². The summed E-state index contributed by atoms with van der Waals surface area (Å²) < 4.78 is 18.6. The Labute approximate surface area is 98.4 Å². The van der Waals surface area contributed by atoms with Crippen LogP contribution in [0.5, 0.6) is 0 Å². The van der Waals surface area contributed by atoms with Crippen molar-refractivity contribution in [2.45, 2.75) is 23.8 Å². The molecular weight excluding hydrogens is 225 g/mol. The van der Waals surface area contributed by atoms with E-state index in [1.165, 1.54) is 12.1 Å². The highest BCUT2D eigenvalue weighted by Gasteiger charge is 2.15. The van der Waals surface area contributed by atoms with Crippen molar-refractivity contribution < 1.29 is 9.13 Å². The normalized spacial score (nSPS) is 19.6. The smallest absolute Gasteiger partial charge is 0.125 e. The van der Waals surface area contributed by atoms with Crippen molar-refractivity contribution in [2.75, 3.05) is 12.4 Å². The molecule has 0 aromatic heterocycles. The van der Waals surface area contributed by atoms with Gasteiger partial charge in [0.1, 0.15) is 5.82 Å². The van der Waals surface area contributed by atoms with Crippen LogP contribution in [0, 0.1) is 17.1 Å². The highest BCUT2D eigenvalue weighted by molar-refractivity contribution is 7.99. The van der Waals surface area contributed by atoms with E-state index in [0.717, 1.165) is 30.1 Å². The van der Waals surface area contributed by atoms with E-state index < -0.39 is 0 Å². The Hall–Kier alpha value is -1.05. The second-order valence-electron chi connectivity index (χ2n) is 3.73. The molecule has 1 atom stereocenters. The molecule has 2 nitrogen and oxygen atoms in total. The van der Waals surface area contributed by atoms with Gasteiger partial charge in [-0.2, -0.15) is 5.26 Å². The minimum atomic E-state index is -0.353. The predicted molar refractivity (Wildman–Crippen MR) is 60.8 cm³/mol. The fourth-order valence-electron chi connectivity index (χ4n) is 1.68. The maximum atomic E-state index is 13.1. The van der Waals surface area contributed by atoms with Gasteiger partial charge in [-0.1, -0.05) is 0 Å². The second kappa shape index (κ2) is 5.33. The van der Waals surface area contributed by atoms with E-state index in [1.54, 1.807) is 17.8 Å². The number of thioether (sulfide) groups is 1. The summed E-state index contributed by atoms with van der Waals surface area (Å²) >= 11 is 1.55. The number of hydrogen-bond donors (Lipinski definition) is 0. The van der Waals surface area contributed by atoms with Crippen molar-refractivity contribution in [3.63, 3.8) is 0 Å². The fraction of sp³-hybridized carbons (Fsp3) is 0.417. The summed E-state index contributed by atoms with van der Waals surface area (Å²) in [5, 5.41) is 8.72. The molecule has 84 valence electrons. The number of benzene rings is 1. The third kappa shape index (κ3) is 2.97. The zero-order valence-corrected chi connectivity index (χ0v) is 9.60. The van der Waals surface area contributed by atoms with E-state index in [-0.39, 0.29) is 11.9 Å². The monoisotopic (exact) mass is 237 g/mol. The summed E-state index contributed by atoms with van der Waals surface area (Å²) in [5.41, 5.74) is 0.370. The summed E-state index contributed by atoms with van der Waals surface area (Å²) in [7, 11) is 0.